The minimum atomic E-state index is -0.889. The molecule has 0 aliphatic carbocycles. The second-order valence-corrected chi connectivity index (χ2v) is 7.22. The number of ether oxygens (including phenoxy) is 2. The number of aryl methyl sites for hydroxylation is 1. The van der Waals surface area contributed by atoms with Gasteiger partial charge in [-0.3, -0.25) is 9.59 Å². The number of para-hydroxylation sites is 1. The molecule has 0 aliphatic heterocycles. The number of hydrogen-bond acceptors (Lipinski definition) is 6. The highest BCUT2D eigenvalue weighted by Gasteiger charge is 2.13. The molecule has 8 nitrogen and oxygen atoms in total. The molecule has 34 heavy (non-hydrogen) atoms. The van der Waals surface area contributed by atoms with Crippen molar-refractivity contribution in [2.45, 2.75) is 20.0 Å². The van der Waals surface area contributed by atoms with Gasteiger partial charge in [0, 0.05) is 11.3 Å². The Morgan fingerprint density at radius 1 is 0.882 bits per heavy atom. The van der Waals surface area contributed by atoms with Crippen molar-refractivity contribution in [3.8, 4) is 5.75 Å². The van der Waals surface area contributed by atoms with Crippen molar-refractivity contribution in [2.75, 3.05) is 12.4 Å². The van der Waals surface area contributed by atoms with Crippen molar-refractivity contribution in [2.24, 2.45) is 5.10 Å². The molecule has 0 saturated carbocycles. The van der Waals surface area contributed by atoms with Gasteiger partial charge in [-0.25, -0.2) is 10.2 Å². The highest BCUT2D eigenvalue weighted by atomic mass is 16.5. The minimum Gasteiger partial charge on any atom is -0.488 e. The second kappa shape index (κ2) is 12.0. The molecule has 0 aliphatic rings. The molecule has 0 spiro atoms. The molecule has 0 heterocycles. The summed E-state index contributed by atoms with van der Waals surface area (Å²) in [6.45, 7) is 2.30. The van der Waals surface area contributed by atoms with Crippen molar-refractivity contribution < 1.29 is 23.9 Å². The number of esters is 1. The molecule has 0 atom stereocenters. The minimum absolute atomic E-state index is 0.262. The first-order valence-electron chi connectivity index (χ1n) is 10.6. The highest BCUT2D eigenvalue weighted by molar-refractivity contribution is 6.39. The number of benzene rings is 3. The number of methoxy groups -OCH3 is 1. The van der Waals surface area contributed by atoms with Crippen molar-refractivity contribution in [3.63, 3.8) is 0 Å². The van der Waals surface area contributed by atoms with Crippen LogP contribution in [0.1, 0.15) is 34.0 Å². The van der Waals surface area contributed by atoms with Gasteiger partial charge in [-0.1, -0.05) is 43.3 Å². The van der Waals surface area contributed by atoms with Gasteiger partial charge in [0.25, 0.3) is 0 Å². The Hall–Kier alpha value is -4.46. The average molecular weight is 460 g/mol. The van der Waals surface area contributed by atoms with E-state index in [0.29, 0.717) is 22.6 Å². The summed E-state index contributed by atoms with van der Waals surface area (Å²) in [6.07, 6.45) is 2.28. The summed E-state index contributed by atoms with van der Waals surface area (Å²) in [5, 5.41) is 6.40. The van der Waals surface area contributed by atoms with Crippen LogP contribution in [0.15, 0.2) is 77.9 Å². The number of hydrogen-bond donors (Lipinski definition) is 2. The van der Waals surface area contributed by atoms with E-state index in [1.54, 1.807) is 54.6 Å². The van der Waals surface area contributed by atoms with Crippen LogP contribution in [-0.4, -0.2) is 31.1 Å². The molecule has 174 valence electrons. The topological polar surface area (TPSA) is 106 Å². The Balaban J connectivity index is 1.55. The lowest BCUT2D eigenvalue weighted by atomic mass is 10.1. The number of carbonyl (C=O) groups excluding carboxylic acids is 3. The molecule has 3 rings (SSSR count). The summed E-state index contributed by atoms with van der Waals surface area (Å²) in [4.78, 5) is 35.7. The third kappa shape index (κ3) is 6.77. The molecule has 0 radical (unpaired) electrons. The van der Waals surface area contributed by atoms with Gasteiger partial charge in [-0.05, 0) is 53.9 Å². The molecule has 0 fully saturated rings. The summed E-state index contributed by atoms with van der Waals surface area (Å²) in [7, 11) is 1.33. The Morgan fingerprint density at radius 3 is 2.24 bits per heavy atom. The number of rotatable bonds is 8. The lowest BCUT2D eigenvalue weighted by Crippen LogP contribution is -2.32. The molecule has 8 heteroatoms. The van der Waals surface area contributed by atoms with E-state index < -0.39 is 17.8 Å². The summed E-state index contributed by atoms with van der Waals surface area (Å²) in [5.41, 5.74) is 5.80. The fourth-order valence-corrected chi connectivity index (χ4v) is 2.96. The smallest absolute Gasteiger partial charge is 0.337 e. The quantitative estimate of drug-likeness (QED) is 0.231. The van der Waals surface area contributed by atoms with E-state index in [1.807, 2.05) is 25.1 Å². The maximum atomic E-state index is 12.1. The summed E-state index contributed by atoms with van der Waals surface area (Å²) in [6, 6.07) is 21.3. The highest BCUT2D eigenvalue weighted by Crippen LogP contribution is 2.18. The molecule has 0 saturated heterocycles. The van der Waals surface area contributed by atoms with Gasteiger partial charge in [-0.2, -0.15) is 5.10 Å². The van der Waals surface area contributed by atoms with Crippen LogP contribution >= 0.6 is 0 Å². The molecule has 3 aromatic carbocycles. The van der Waals surface area contributed by atoms with Crippen molar-refractivity contribution in [1.29, 1.82) is 0 Å². The molecule has 0 unspecified atom stereocenters. The number of carbonyl (C=O) groups is 3. The standard InChI is InChI=1S/C26H25N3O5/c1-3-18-10-14-22(15-11-18)28-24(30)25(31)29-27-16-21-6-4-5-7-23(21)34-17-19-8-12-20(13-9-19)26(32)33-2/h4-16H,3,17H2,1-2H3,(H,28,30)(H,29,31)/b27-16+. The van der Waals surface area contributed by atoms with Crippen LogP contribution in [-0.2, 0) is 27.4 Å². The Bertz CT molecular complexity index is 1170. The zero-order valence-corrected chi connectivity index (χ0v) is 18.9. The van der Waals surface area contributed by atoms with Gasteiger partial charge in [0.05, 0.1) is 18.9 Å². The third-order valence-electron chi connectivity index (χ3n) is 4.88. The predicted molar refractivity (Wildman–Crippen MR) is 129 cm³/mol. The van der Waals surface area contributed by atoms with Gasteiger partial charge in [-0.15, -0.1) is 0 Å². The predicted octanol–water partition coefficient (Wildman–Crippen LogP) is 3.70. The first kappa shape index (κ1) is 24.2. The van der Waals surface area contributed by atoms with Crippen LogP contribution in [0.3, 0.4) is 0 Å². The maximum absolute atomic E-state index is 12.1. The lowest BCUT2D eigenvalue weighted by Gasteiger charge is -2.09. The summed E-state index contributed by atoms with van der Waals surface area (Å²) >= 11 is 0. The second-order valence-electron chi connectivity index (χ2n) is 7.22. The molecule has 3 aromatic rings. The Kier molecular flexibility index (Phi) is 8.51. The average Bonchev–Trinajstić information content (AvgIpc) is 2.88. The van der Waals surface area contributed by atoms with E-state index in [-0.39, 0.29) is 6.61 Å². The van der Waals surface area contributed by atoms with Gasteiger partial charge in [0.15, 0.2) is 0 Å². The Labute approximate surface area is 197 Å². The lowest BCUT2D eigenvalue weighted by molar-refractivity contribution is -0.136. The van der Waals surface area contributed by atoms with E-state index in [4.69, 9.17) is 4.74 Å². The zero-order valence-electron chi connectivity index (χ0n) is 18.9. The normalized spacial score (nSPS) is 10.5. The fourth-order valence-electron chi connectivity index (χ4n) is 2.96. The molecule has 0 aromatic heterocycles. The van der Waals surface area contributed by atoms with Gasteiger partial charge in [0.1, 0.15) is 12.4 Å². The summed E-state index contributed by atoms with van der Waals surface area (Å²) < 4.78 is 10.5. The van der Waals surface area contributed by atoms with Crippen LogP contribution in [0, 0.1) is 0 Å². The van der Waals surface area contributed by atoms with E-state index in [1.165, 1.54) is 13.3 Å². The van der Waals surface area contributed by atoms with Gasteiger partial charge >= 0.3 is 17.8 Å². The van der Waals surface area contributed by atoms with Crippen LogP contribution in [0.4, 0.5) is 5.69 Å². The maximum Gasteiger partial charge on any atom is 0.337 e. The van der Waals surface area contributed by atoms with E-state index in [2.05, 4.69) is 20.6 Å². The number of hydrazone groups is 1. The number of nitrogens with one attached hydrogen (secondary N) is 2. The van der Waals surface area contributed by atoms with Crippen LogP contribution in [0.2, 0.25) is 0 Å². The number of anilines is 1. The molecule has 2 amide bonds. The van der Waals surface area contributed by atoms with Gasteiger partial charge < -0.3 is 14.8 Å². The van der Waals surface area contributed by atoms with Crippen LogP contribution in [0.5, 0.6) is 5.75 Å². The van der Waals surface area contributed by atoms with Crippen molar-refractivity contribution in [3.05, 3.63) is 95.1 Å². The number of amides is 2. The van der Waals surface area contributed by atoms with Crippen LogP contribution in [0.25, 0.3) is 0 Å². The van der Waals surface area contributed by atoms with E-state index >= 15 is 0 Å². The Morgan fingerprint density at radius 2 is 1.56 bits per heavy atom. The monoisotopic (exact) mass is 459 g/mol. The van der Waals surface area contributed by atoms with Crippen LogP contribution < -0.4 is 15.5 Å². The molecular weight excluding hydrogens is 434 g/mol. The zero-order chi connectivity index (χ0) is 24.3. The molecule has 2 N–H and O–H groups in total. The number of nitrogens with zero attached hydrogens (tertiary/aromatic N) is 1. The van der Waals surface area contributed by atoms with E-state index in [0.717, 1.165) is 17.5 Å². The molecule has 0 bridgehead atoms. The SMILES string of the molecule is CCc1ccc(NC(=O)C(=O)N/N=C/c2ccccc2OCc2ccc(C(=O)OC)cc2)cc1. The summed E-state index contributed by atoms with van der Waals surface area (Å²) in [5.74, 6) is -1.57. The van der Waals surface area contributed by atoms with Gasteiger partial charge in [0.2, 0.25) is 0 Å². The first-order chi connectivity index (χ1) is 16.5. The third-order valence-corrected chi connectivity index (χ3v) is 4.88. The molecular formula is C26H25N3O5. The van der Waals surface area contributed by atoms with Crippen molar-refractivity contribution >= 4 is 29.7 Å². The fraction of sp³-hybridized carbons (Fsp3) is 0.154. The first-order valence-corrected chi connectivity index (χ1v) is 10.6. The van der Waals surface area contributed by atoms with Crippen molar-refractivity contribution in [1.82, 2.24) is 5.43 Å². The largest absolute Gasteiger partial charge is 0.488 e. The van der Waals surface area contributed by atoms with E-state index in [9.17, 15) is 14.4 Å².